The molecule has 3 aromatic rings. The average Bonchev–Trinajstić information content (AvgIpc) is 2.67. The van der Waals surface area contributed by atoms with Gasteiger partial charge < -0.3 is 4.90 Å². The summed E-state index contributed by atoms with van der Waals surface area (Å²) in [5, 5.41) is 21.6. The van der Waals surface area contributed by atoms with E-state index in [1.54, 1.807) is 36.7 Å². The molecule has 0 bridgehead atoms. The predicted molar refractivity (Wildman–Crippen MR) is 94.1 cm³/mol. The van der Waals surface area contributed by atoms with Crippen molar-refractivity contribution in [3.8, 4) is 0 Å². The highest BCUT2D eigenvalue weighted by molar-refractivity contribution is 5.63. The number of nitrogens with zero attached hydrogens (tertiary/aromatic N) is 5. The van der Waals surface area contributed by atoms with Crippen LogP contribution in [0.15, 0.2) is 67.3 Å². The van der Waals surface area contributed by atoms with Crippen LogP contribution in [-0.4, -0.2) is 19.8 Å². The van der Waals surface area contributed by atoms with E-state index in [4.69, 9.17) is 0 Å². The number of nitro groups is 2. The Hall–Kier alpha value is -3.88. The van der Waals surface area contributed by atoms with Crippen molar-refractivity contribution in [1.29, 1.82) is 0 Å². The molecule has 0 aliphatic rings. The van der Waals surface area contributed by atoms with E-state index in [9.17, 15) is 20.2 Å². The minimum atomic E-state index is -0.462. The normalized spacial score (nSPS) is 10.3. The highest BCUT2D eigenvalue weighted by atomic mass is 16.6. The second-order valence-electron chi connectivity index (χ2n) is 5.38. The maximum atomic E-state index is 10.8. The molecule has 3 rings (SSSR count). The maximum absolute atomic E-state index is 10.8. The van der Waals surface area contributed by atoms with Crippen LogP contribution in [0.2, 0.25) is 0 Å². The lowest BCUT2D eigenvalue weighted by atomic mass is 10.1. The number of non-ortho nitro benzene ring substituents is 2. The van der Waals surface area contributed by atoms with Gasteiger partial charge in [0.1, 0.15) is 6.33 Å². The van der Waals surface area contributed by atoms with Gasteiger partial charge in [0.25, 0.3) is 11.4 Å². The van der Waals surface area contributed by atoms with E-state index in [0.29, 0.717) is 17.9 Å². The summed E-state index contributed by atoms with van der Waals surface area (Å²) in [4.78, 5) is 30.6. The lowest BCUT2D eigenvalue weighted by Gasteiger charge is -2.24. The molecular formula is C17H13N5O4. The fourth-order valence-electron chi connectivity index (χ4n) is 2.42. The summed E-state index contributed by atoms with van der Waals surface area (Å²) in [6, 6.07) is 12.3. The maximum Gasteiger partial charge on any atom is 0.269 e. The summed E-state index contributed by atoms with van der Waals surface area (Å²) in [5.41, 5.74) is 2.24. The molecule has 0 N–H and O–H groups in total. The SMILES string of the molecule is O=[N+]([O-])c1ccc(CN(c2ccc([N+](=O)[O-])cc2)c2cncnc2)cc1. The molecule has 1 aromatic heterocycles. The van der Waals surface area contributed by atoms with Gasteiger partial charge in [0, 0.05) is 36.5 Å². The number of hydrogen-bond donors (Lipinski definition) is 0. The van der Waals surface area contributed by atoms with Crippen molar-refractivity contribution in [2.45, 2.75) is 6.54 Å². The monoisotopic (exact) mass is 351 g/mol. The fourth-order valence-corrected chi connectivity index (χ4v) is 2.42. The quantitative estimate of drug-likeness (QED) is 0.492. The summed E-state index contributed by atoms with van der Waals surface area (Å²) < 4.78 is 0. The first-order valence-electron chi connectivity index (χ1n) is 7.55. The van der Waals surface area contributed by atoms with Gasteiger partial charge in [-0.25, -0.2) is 9.97 Å². The average molecular weight is 351 g/mol. The summed E-state index contributed by atoms with van der Waals surface area (Å²) >= 11 is 0. The Kier molecular flexibility index (Phi) is 4.79. The molecule has 0 saturated heterocycles. The molecule has 1 heterocycles. The van der Waals surface area contributed by atoms with Crippen LogP contribution in [0.5, 0.6) is 0 Å². The second kappa shape index (κ2) is 7.34. The molecule has 0 aliphatic carbocycles. The largest absolute Gasteiger partial charge is 0.334 e. The molecule has 0 aliphatic heterocycles. The van der Waals surface area contributed by atoms with Crippen molar-refractivity contribution >= 4 is 22.7 Å². The lowest BCUT2D eigenvalue weighted by Crippen LogP contribution is -2.17. The second-order valence-corrected chi connectivity index (χ2v) is 5.38. The third kappa shape index (κ3) is 3.78. The van der Waals surface area contributed by atoms with Gasteiger partial charge in [-0.15, -0.1) is 0 Å². The molecule has 130 valence electrons. The molecule has 0 radical (unpaired) electrons. The van der Waals surface area contributed by atoms with Gasteiger partial charge in [0.15, 0.2) is 0 Å². The van der Waals surface area contributed by atoms with Crippen LogP contribution in [-0.2, 0) is 6.54 Å². The van der Waals surface area contributed by atoms with Crippen molar-refractivity contribution in [2.24, 2.45) is 0 Å². The smallest absolute Gasteiger partial charge is 0.269 e. The van der Waals surface area contributed by atoms with E-state index in [-0.39, 0.29) is 11.4 Å². The number of aromatic nitrogens is 2. The summed E-state index contributed by atoms with van der Waals surface area (Å²) in [5.74, 6) is 0. The van der Waals surface area contributed by atoms with Crippen molar-refractivity contribution in [1.82, 2.24) is 9.97 Å². The van der Waals surface area contributed by atoms with Crippen LogP contribution >= 0.6 is 0 Å². The zero-order chi connectivity index (χ0) is 18.5. The Morgan fingerprint density at radius 3 is 1.77 bits per heavy atom. The van der Waals surface area contributed by atoms with Crippen molar-refractivity contribution < 1.29 is 9.85 Å². The Morgan fingerprint density at radius 2 is 1.27 bits per heavy atom. The molecule has 0 saturated carbocycles. The van der Waals surface area contributed by atoms with Gasteiger partial charge in [0.05, 0.1) is 27.9 Å². The van der Waals surface area contributed by atoms with Crippen molar-refractivity contribution in [3.63, 3.8) is 0 Å². The fraction of sp³-hybridized carbons (Fsp3) is 0.0588. The van der Waals surface area contributed by atoms with Crippen LogP contribution < -0.4 is 4.90 Å². The first kappa shape index (κ1) is 17.0. The van der Waals surface area contributed by atoms with Crippen molar-refractivity contribution in [3.05, 3.63) is 93.0 Å². The Balaban J connectivity index is 1.93. The van der Waals surface area contributed by atoms with Crippen LogP contribution in [0, 0.1) is 20.2 Å². The number of anilines is 2. The van der Waals surface area contributed by atoms with Crippen molar-refractivity contribution in [2.75, 3.05) is 4.90 Å². The number of rotatable bonds is 6. The number of benzene rings is 2. The molecule has 0 unspecified atom stereocenters. The van der Waals surface area contributed by atoms with E-state index in [1.165, 1.54) is 30.6 Å². The van der Waals surface area contributed by atoms with E-state index >= 15 is 0 Å². The Bertz CT molecular complexity index is 914. The molecule has 26 heavy (non-hydrogen) atoms. The molecular weight excluding hydrogens is 338 g/mol. The van der Waals surface area contributed by atoms with Gasteiger partial charge in [-0.05, 0) is 17.7 Å². The van der Waals surface area contributed by atoms with Crippen LogP contribution in [0.1, 0.15) is 5.56 Å². The van der Waals surface area contributed by atoms with E-state index in [0.717, 1.165) is 5.56 Å². The van der Waals surface area contributed by atoms with Crippen LogP contribution in [0.25, 0.3) is 0 Å². The zero-order valence-corrected chi connectivity index (χ0v) is 13.4. The van der Waals surface area contributed by atoms with Gasteiger partial charge in [-0.2, -0.15) is 0 Å². The standard InChI is InChI=1S/C17H13N5O4/c23-21(24)15-3-1-13(2-4-15)11-20(17-9-18-12-19-10-17)14-5-7-16(8-6-14)22(25)26/h1-10,12H,11H2. The van der Waals surface area contributed by atoms with Crippen LogP contribution in [0.3, 0.4) is 0 Å². The molecule has 2 aromatic carbocycles. The molecule has 0 spiro atoms. The molecule has 9 heteroatoms. The first-order chi connectivity index (χ1) is 12.5. The first-order valence-corrected chi connectivity index (χ1v) is 7.55. The molecule has 9 nitrogen and oxygen atoms in total. The van der Waals surface area contributed by atoms with Gasteiger partial charge in [0.2, 0.25) is 0 Å². The summed E-state index contributed by atoms with van der Waals surface area (Å²) in [6.07, 6.45) is 4.66. The molecule has 0 amide bonds. The third-order valence-corrected chi connectivity index (χ3v) is 3.72. The zero-order valence-electron chi connectivity index (χ0n) is 13.4. The number of hydrogen-bond acceptors (Lipinski definition) is 7. The minimum absolute atomic E-state index is 0.00616. The Morgan fingerprint density at radius 1 is 0.769 bits per heavy atom. The minimum Gasteiger partial charge on any atom is -0.334 e. The lowest BCUT2D eigenvalue weighted by molar-refractivity contribution is -0.385. The highest BCUT2D eigenvalue weighted by Gasteiger charge is 2.14. The number of nitro benzene ring substituents is 2. The van der Waals surface area contributed by atoms with E-state index in [1.807, 2.05) is 4.90 Å². The predicted octanol–water partition coefficient (Wildman–Crippen LogP) is 3.63. The van der Waals surface area contributed by atoms with Gasteiger partial charge in [-0.1, -0.05) is 12.1 Å². The van der Waals surface area contributed by atoms with E-state index < -0.39 is 9.85 Å². The van der Waals surface area contributed by atoms with Crippen LogP contribution in [0.4, 0.5) is 22.7 Å². The molecule has 0 atom stereocenters. The highest BCUT2D eigenvalue weighted by Crippen LogP contribution is 2.28. The Labute approximate surface area is 147 Å². The summed E-state index contributed by atoms with van der Waals surface area (Å²) in [7, 11) is 0. The third-order valence-electron chi connectivity index (χ3n) is 3.72. The van der Waals surface area contributed by atoms with Gasteiger partial charge in [-0.3, -0.25) is 20.2 Å². The van der Waals surface area contributed by atoms with Gasteiger partial charge >= 0.3 is 0 Å². The molecule has 0 fully saturated rings. The topological polar surface area (TPSA) is 115 Å². The van der Waals surface area contributed by atoms with E-state index in [2.05, 4.69) is 9.97 Å². The summed E-state index contributed by atoms with van der Waals surface area (Å²) in [6.45, 7) is 0.392.